The van der Waals surface area contributed by atoms with Gasteiger partial charge in [-0.05, 0) is 32.1 Å². The van der Waals surface area contributed by atoms with Crippen molar-refractivity contribution < 1.29 is 4.79 Å². The van der Waals surface area contributed by atoms with Crippen LogP contribution in [0.25, 0.3) is 0 Å². The fourth-order valence-electron chi connectivity index (χ4n) is 2.04. The molecule has 0 bridgehead atoms. The molecule has 1 heterocycles. The summed E-state index contributed by atoms with van der Waals surface area (Å²) in [5.41, 5.74) is 6.91. The molecule has 1 aromatic rings. The van der Waals surface area contributed by atoms with Gasteiger partial charge in [-0.3, -0.25) is 4.79 Å². The molecule has 1 aliphatic rings. The molecule has 3 N–H and O–H groups in total. The number of rotatable bonds is 6. The quantitative estimate of drug-likeness (QED) is 0.610. The van der Waals surface area contributed by atoms with Crippen molar-refractivity contribution in [3.8, 4) is 0 Å². The number of thioether (sulfide) groups is 1. The topological polar surface area (TPSA) is 93.8 Å². The van der Waals surface area contributed by atoms with Crippen LogP contribution < -0.4 is 11.1 Å². The van der Waals surface area contributed by atoms with Crippen LogP contribution >= 0.6 is 11.8 Å². The van der Waals surface area contributed by atoms with Gasteiger partial charge in [-0.2, -0.15) is 4.98 Å². The van der Waals surface area contributed by atoms with Crippen molar-refractivity contribution in [3.63, 3.8) is 0 Å². The highest BCUT2D eigenvalue weighted by Crippen LogP contribution is 2.19. The van der Waals surface area contributed by atoms with E-state index in [1.165, 1.54) is 49.3 Å². The molecule has 0 aromatic carbocycles. The number of nitrogens with zero attached hydrogens (tertiary/aromatic N) is 3. The lowest BCUT2D eigenvalue weighted by Gasteiger charge is -2.12. The van der Waals surface area contributed by atoms with Crippen LogP contribution in [-0.4, -0.2) is 33.2 Å². The summed E-state index contributed by atoms with van der Waals surface area (Å²) in [5.74, 6) is 0.459. The second-order valence-electron chi connectivity index (χ2n) is 4.62. The third-order valence-corrected chi connectivity index (χ3v) is 3.92. The zero-order chi connectivity index (χ0) is 14.2. The molecule has 0 fully saturated rings. The van der Waals surface area contributed by atoms with E-state index >= 15 is 0 Å². The Morgan fingerprint density at radius 1 is 1.40 bits per heavy atom. The average molecular weight is 293 g/mol. The second-order valence-corrected chi connectivity index (χ2v) is 5.57. The summed E-state index contributed by atoms with van der Waals surface area (Å²) in [6.07, 6.45) is 9.53. The van der Waals surface area contributed by atoms with Gasteiger partial charge in [-0.15, -0.1) is 0 Å². The van der Waals surface area contributed by atoms with Crippen molar-refractivity contribution >= 4 is 23.6 Å². The number of carbonyl (C=O) groups excluding carboxylic acids is 1. The molecule has 20 heavy (non-hydrogen) atoms. The Morgan fingerprint density at radius 3 is 3.05 bits per heavy atom. The second kappa shape index (κ2) is 7.84. The number of nitrogens with one attached hydrogen (secondary N) is 1. The number of allylic oxidation sites excluding steroid dienone is 1. The van der Waals surface area contributed by atoms with Crippen LogP contribution in [0.15, 0.2) is 23.1 Å². The third-order valence-electron chi connectivity index (χ3n) is 3.05. The van der Waals surface area contributed by atoms with E-state index < -0.39 is 0 Å². The minimum atomic E-state index is -0.00890. The van der Waals surface area contributed by atoms with E-state index in [-0.39, 0.29) is 11.9 Å². The molecule has 0 saturated heterocycles. The van der Waals surface area contributed by atoms with Gasteiger partial charge in [0.1, 0.15) is 6.33 Å². The monoisotopic (exact) mass is 293 g/mol. The highest BCUT2D eigenvalue weighted by molar-refractivity contribution is 7.99. The highest BCUT2D eigenvalue weighted by Gasteiger charge is 2.07. The van der Waals surface area contributed by atoms with Crippen LogP contribution in [-0.2, 0) is 4.79 Å². The van der Waals surface area contributed by atoms with Crippen LogP contribution in [0.4, 0.5) is 5.95 Å². The predicted molar refractivity (Wildman–Crippen MR) is 79.1 cm³/mol. The molecule has 0 aliphatic heterocycles. The van der Waals surface area contributed by atoms with E-state index in [4.69, 9.17) is 5.73 Å². The first-order valence-electron chi connectivity index (χ1n) is 6.76. The zero-order valence-corrected chi connectivity index (χ0v) is 12.2. The van der Waals surface area contributed by atoms with Crippen molar-refractivity contribution in [1.29, 1.82) is 0 Å². The molecule has 7 heteroatoms. The summed E-state index contributed by atoms with van der Waals surface area (Å²) < 4.78 is 0. The lowest BCUT2D eigenvalue weighted by atomic mass is 9.97. The van der Waals surface area contributed by atoms with Crippen molar-refractivity contribution in [2.45, 2.75) is 37.3 Å². The third kappa shape index (κ3) is 5.16. The summed E-state index contributed by atoms with van der Waals surface area (Å²) >= 11 is 1.26. The van der Waals surface area contributed by atoms with Crippen LogP contribution in [0, 0.1) is 0 Å². The van der Waals surface area contributed by atoms with Gasteiger partial charge in [0.2, 0.25) is 11.9 Å². The van der Waals surface area contributed by atoms with Gasteiger partial charge < -0.3 is 11.1 Å². The summed E-state index contributed by atoms with van der Waals surface area (Å²) in [7, 11) is 0. The maximum absolute atomic E-state index is 11.7. The van der Waals surface area contributed by atoms with Gasteiger partial charge in [0, 0.05) is 6.54 Å². The summed E-state index contributed by atoms with van der Waals surface area (Å²) in [6, 6.07) is 0. The smallest absolute Gasteiger partial charge is 0.230 e. The Bertz CT molecular complexity index is 491. The number of anilines is 1. The number of nitrogens with two attached hydrogens (primary N) is 1. The minimum Gasteiger partial charge on any atom is -0.368 e. The average Bonchev–Trinajstić information content (AvgIpc) is 2.46. The van der Waals surface area contributed by atoms with E-state index in [1.807, 2.05) is 0 Å². The first kappa shape index (κ1) is 14.8. The molecule has 0 radical (unpaired) electrons. The number of aromatic nitrogens is 3. The lowest BCUT2D eigenvalue weighted by molar-refractivity contribution is -0.118. The summed E-state index contributed by atoms with van der Waals surface area (Å²) in [6.45, 7) is 0.699. The van der Waals surface area contributed by atoms with Crippen molar-refractivity contribution in [1.82, 2.24) is 20.3 Å². The molecule has 0 spiro atoms. The minimum absolute atomic E-state index is 0.00890. The Morgan fingerprint density at radius 2 is 2.30 bits per heavy atom. The number of amides is 1. The predicted octanol–water partition coefficient (Wildman–Crippen LogP) is 1.55. The molecule has 1 aromatic heterocycles. The van der Waals surface area contributed by atoms with Crippen molar-refractivity contribution in [3.05, 3.63) is 18.0 Å². The number of hydrogen-bond donors (Lipinski definition) is 2. The molecule has 6 nitrogen and oxygen atoms in total. The van der Waals surface area contributed by atoms with Gasteiger partial charge in [-0.25, -0.2) is 9.97 Å². The molecule has 2 rings (SSSR count). The van der Waals surface area contributed by atoms with E-state index in [2.05, 4.69) is 26.3 Å². The van der Waals surface area contributed by atoms with Gasteiger partial charge in [0.15, 0.2) is 5.16 Å². The van der Waals surface area contributed by atoms with Crippen molar-refractivity contribution in [2.24, 2.45) is 0 Å². The zero-order valence-electron chi connectivity index (χ0n) is 11.3. The van der Waals surface area contributed by atoms with Gasteiger partial charge in [-0.1, -0.05) is 23.4 Å². The first-order valence-corrected chi connectivity index (χ1v) is 7.74. The summed E-state index contributed by atoms with van der Waals surface area (Å²) in [4.78, 5) is 23.3. The van der Waals surface area contributed by atoms with E-state index in [9.17, 15) is 4.79 Å². The lowest BCUT2D eigenvalue weighted by Crippen LogP contribution is -2.26. The Hall–Kier alpha value is -1.63. The largest absolute Gasteiger partial charge is 0.368 e. The molecule has 108 valence electrons. The Labute approximate surface area is 122 Å². The van der Waals surface area contributed by atoms with E-state index in [1.54, 1.807) is 0 Å². The molecule has 0 saturated carbocycles. The standard InChI is InChI=1S/C13H19N5OS/c14-12-16-9-17-13(18-12)20-8-11(19)15-7-6-10-4-2-1-3-5-10/h4,9H,1-3,5-8H2,(H,15,19)(H2,14,16,17,18). The maximum atomic E-state index is 11.7. The molecular formula is C13H19N5OS. The number of hydrogen-bond acceptors (Lipinski definition) is 6. The molecular weight excluding hydrogens is 274 g/mol. The number of nitrogen functional groups attached to an aromatic ring is 1. The molecule has 1 amide bonds. The summed E-state index contributed by atoms with van der Waals surface area (Å²) in [5, 5.41) is 3.39. The molecule has 1 aliphatic carbocycles. The van der Waals surface area contributed by atoms with Gasteiger partial charge in [0.25, 0.3) is 0 Å². The van der Waals surface area contributed by atoms with Gasteiger partial charge in [0.05, 0.1) is 5.75 Å². The fraction of sp³-hybridized carbons (Fsp3) is 0.538. The SMILES string of the molecule is Nc1ncnc(SCC(=O)NCCC2=CCCCC2)n1. The van der Waals surface area contributed by atoms with E-state index in [0.29, 0.717) is 17.5 Å². The molecule has 0 atom stereocenters. The highest BCUT2D eigenvalue weighted by atomic mass is 32.2. The normalized spacial score (nSPS) is 14.7. The van der Waals surface area contributed by atoms with E-state index in [0.717, 1.165) is 6.42 Å². The van der Waals surface area contributed by atoms with Crippen LogP contribution in [0.2, 0.25) is 0 Å². The van der Waals surface area contributed by atoms with Crippen LogP contribution in [0.5, 0.6) is 0 Å². The number of carbonyl (C=O) groups is 1. The maximum Gasteiger partial charge on any atom is 0.230 e. The van der Waals surface area contributed by atoms with Crippen molar-refractivity contribution in [2.75, 3.05) is 18.0 Å². The van der Waals surface area contributed by atoms with Crippen LogP contribution in [0.3, 0.4) is 0 Å². The Balaban J connectivity index is 1.64. The first-order chi connectivity index (χ1) is 9.74. The van der Waals surface area contributed by atoms with Gasteiger partial charge >= 0.3 is 0 Å². The molecule has 0 unspecified atom stereocenters. The van der Waals surface area contributed by atoms with Crippen LogP contribution in [0.1, 0.15) is 32.1 Å². The fourth-order valence-corrected chi connectivity index (χ4v) is 2.68. The Kier molecular flexibility index (Phi) is 5.79.